The number of nitrogens with one attached hydrogen (secondary N) is 3. The zero-order valence-electron chi connectivity index (χ0n) is 11.3. The van der Waals surface area contributed by atoms with Gasteiger partial charge in [-0.25, -0.2) is 4.79 Å². The molecule has 2 fully saturated rings. The highest BCUT2D eigenvalue weighted by atomic mass is 16.2. The fourth-order valence-electron chi connectivity index (χ4n) is 2.42. The first-order valence-electron chi connectivity index (χ1n) is 6.58. The molecule has 0 unspecified atom stereocenters. The highest BCUT2D eigenvalue weighted by molar-refractivity contribution is 6.07. The quantitative estimate of drug-likeness (QED) is 0.584. The van der Waals surface area contributed by atoms with Gasteiger partial charge in [0.05, 0.1) is 6.54 Å². The Morgan fingerprint density at radius 1 is 1.37 bits per heavy atom. The van der Waals surface area contributed by atoms with Gasteiger partial charge in [-0.1, -0.05) is 13.8 Å². The van der Waals surface area contributed by atoms with E-state index >= 15 is 0 Å². The van der Waals surface area contributed by atoms with Gasteiger partial charge in [0.15, 0.2) is 0 Å². The second-order valence-electron chi connectivity index (χ2n) is 5.41. The molecular formula is C12H20N4O3. The zero-order valence-corrected chi connectivity index (χ0v) is 11.3. The van der Waals surface area contributed by atoms with Crippen LogP contribution < -0.4 is 16.0 Å². The number of likely N-dealkylation sites (tertiary alicyclic amines) is 1. The number of nitrogens with zero attached hydrogens (tertiary/aromatic N) is 1. The molecule has 0 aromatic carbocycles. The van der Waals surface area contributed by atoms with Crippen molar-refractivity contribution in [2.24, 2.45) is 0 Å². The van der Waals surface area contributed by atoms with Crippen LogP contribution in [-0.4, -0.2) is 54.0 Å². The van der Waals surface area contributed by atoms with Crippen molar-refractivity contribution < 1.29 is 14.4 Å². The van der Waals surface area contributed by atoms with Crippen molar-refractivity contribution in [3.05, 3.63) is 0 Å². The minimum atomic E-state index is -0.806. The summed E-state index contributed by atoms with van der Waals surface area (Å²) in [6.07, 6.45) is 0.940. The Morgan fingerprint density at radius 2 is 2.00 bits per heavy atom. The van der Waals surface area contributed by atoms with E-state index in [0.717, 1.165) is 0 Å². The van der Waals surface area contributed by atoms with Gasteiger partial charge < -0.3 is 15.5 Å². The van der Waals surface area contributed by atoms with Crippen molar-refractivity contribution in [1.29, 1.82) is 0 Å². The Morgan fingerprint density at radius 3 is 2.47 bits per heavy atom. The maximum Gasteiger partial charge on any atom is 0.322 e. The molecule has 0 aromatic rings. The summed E-state index contributed by atoms with van der Waals surface area (Å²) in [5.74, 6) is -0.238. The molecule has 0 radical (unpaired) electrons. The zero-order chi connectivity index (χ0) is 14.0. The molecule has 3 N–H and O–H groups in total. The van der Waals surface area contributed by atoms with E-state index in [1.165, 1.54) is 0 Å². The molecule has 2 heterocycles. The van der Waals surface area contributed by atoms with Crippen molar-refractivity contribution in [2.45, 2.75) is 38.3 Å². The molecule has 0 aliphatic carbocycles. The van der Waals surface area contributed by atoms with Crippen LogP contribution in [0.15, 0.2) is 0 Å². The second-order valence-corrected chi connectivity index (χ2v) is 5.41. The van der Waals surface area contributed by atoms with E-state index in [0.29, 0.717) is 32.5 Å². The SMILES string of the molecule is CC(C)NCC(=O)N1CCC2(CC1)NC(=O)NC2=O. The molecule has 0 bridgehead atoms. The number of amides is 4. The third-order valence-electron chi connectivity index (χ3n) is 3.65. The largest absolute Gasteiger partial charge is 0.341 e. The second kappa shape index (κ2) is 5.16. The lowest BCUT2D eigenvalue weighted by atomic mass is 9.88. The van der Waals surface area contributed by atoms with Crippen LogP contribution in [0.25, 0.3) is 0 Å². The number of urea groups is 1. The fraction of sp³-hybridized carbons (Fsp3) is 0.750. The molecule has 19 heavy (non-hydrogen) atoms. The number of rotatable bonds is 3. The Balaban J connectivity index is 1.87. The molecule has 2 aliphatic rings. The predicted molar refractivity (Wildman–Crippen MR) is 68.4 cm³/mol. The first kappa shape index (κ1) is 13.8. The van der Waals surface area contributed by atoms with E-state index in [4.69, 9.17) is 0 Å². The number of piperidine rings is 1. The molecule has 7 heteroatoms. The van der Waals surface area contributed by atoms with E-state index in [-0.39, 0.29) is 17.9 Å². The molecule has 7 nitrogen and oxygen atoms in total. The van der Waals surface area contributed by atoms with Gasteiger partial charge >= 0.3 is 6.03 Å². The standard InChI is InChI=1S/C12H20N4O3/c1-8(2)13-7-9(17)16-5-3-12(4-6-16)10(18)14-11(19)15-12/h8,13H,3-7H2,1-2H3,(H2,14,15,18,19). The maximum absolute atomic E-state index is 11.9. The summed E-state index contributed by atoms with van der Waals surface area (Å²) in [5, 5.41) is 8.01. The normalized spacial score (nSPS) is 21.7. The van der Waals surface area contributed by atoms with Gasteiger partial charge in [-0.2, -0.15) is 0 Å². The summed E-state index contributed by atoms with van der Waals surface area (Å²) in [6, 6.07) is -0.175. The van der Waals surface area contributed by atoms with Gasteiger partial charge in [0.2, 0.25) is 5.91 Å². The Bertz CT molecular complexity index is 400. The van der Waals surface area contributed by atoms with E-state index in [1.54, 1.807) is 4.90 Å². The Hall–Kier alpha value is -1.63. The minimum Gasteiger partial charge on any atom is -0.341 e. The van der Waals surface area contributed by atoms with E-state index < -0.39 is 11.6 Å². The topological polar surface area (TPSA) is 90.5 Å². The third-order valence-corrected chi connectivity index (χ3v) is 3.65. The summed E-state index contributed by atoms with van der Waals surface area (Å²) < 4.78 is 0. The highest BCUT2D eigenvalue weighted by Gasteiger charge is 2.48. The fourth-order valence-corrected chi connectivity index (χ4v) is 2.42. The molecule has 0 atom stereocenters. The van der Waals surface area contributed by atoms with Gasteiger partial charge in [0, 0.05) is 19.1 Å². The summed E-state index contributed by atoms with van der Waals surface area (Å²) in [5.41, 5.74) is -0.806. The smallest absolute Gasteiger partial charge is 0.322 e. The molecule has 0 saturated carbocycles. The molecule has 1 spiro atoms. The van der Waals surface area contributed by atoms with Crippen LogP contribution in [0.5, 0.6) is 0 Å². The lowest BCUT2D eigenvalue weighted by molar-refractivity contribution is -0.135. The summed E-state index contributed by atoms with van der Waals surface area (Å²) in [6.45, 7) is 5.26. The highest BCUT2D eigenvalue weighted by Crippen LogP contribution is 2.25. The van der Waals surface area contributed by atoms with Crippen molar-refractivity contribution in [3.63, 3.8) is 0 Å². The average molecular weight is 268 g/mol. The molecule has 0 aromatic heterocycles. The number of imide groups is 1. The number of carbonyl (C=O) groups is 3. The van der Waals surface area contributed by atoms with Crippen LogP contribution in [-0.2, 0) is 9.59 Å². The third kappa shape index (κ3) is 2.86. The van der Waals surface area contributed by atoms with Crippen LogP contribution in [0.3, 0.4) is 0 Å². The van der Waals surface area contributed by atoms with Gasteiger partial charge in [-0.05, 0) is 12.8 Å². The van der Waals surface area contributed by atoms with Gasteiger partial charge in [-0.15, -0.1) is 0 Å². The summed E-state index contributed by atoms with van der Waals surface area (Å²) >= 11 is 0. The van der Waals surface area contributed by atoms with Crippen LogP contribution in [0.1, 0.15) is 26.7 Å². The maximum atomic E-state index is 11.9. The molecule has 106 valence electrons. The summed E-state index contributed by atoms with van der Waals surface area (Å²) in [7, 11) is 0. The number of hydrogen-bond donors (Lipinski definition) is 3. The molecule has 4 amide bonds. The predicted octanol–water partition coefficient (Wildman–Crippen LogP) is -0.815. The lowest BCUT2D eigenvalue weighted by Crippen LogP contribution is -2.56. The Labute approximate surface area is 112 Å². The molecule has 2 saturated heterocycles. The van der Waals surface area contributed by atoms with Crippen LogP contribution >= 0.6 is 0 Å². The number of hydrogen-bond acceptors (Lipinski definition) is 4. The van der Waals surface area contributed by atoms with Crippen molar-refractivity contribution in [1.82, 2.24) is 20.9 Å². The van der Waals surface area contributed by atoms with Crippen molar-refractivity contribution in [2.75, 3.05) is 19.6 Å². The molecule has 2 aliphatic heterocycles. The Kier molecular flexibility index (Phi) is 3.75. The van der Waals surface area contributed by atoms with Gasteiger partial charge in [0.1, 0.15) is 5.54 Å². The van der Waals surface area contributed by atoms with E-state index in [9.17, 15) is 14.4 Å². The number of carbonyl (C=O) groups excluding carboxylic acids is 3. The monoisotopic (exact) mass is 268 g/mol. The van der Waals surface area contributed by atoms with Crippen molar-refractivity contribution in [3.8, 4) is 0 Å². The van der Waals surface area contributed by atoms with Crippen LogP contribution in [0, 0.1) is 0 Å². The van der Waals surface area contributed by atoms with Crippen LogP contribution in [0.4, 0.5) is 4.79 Å². The first-order chi connectivity index (χ1) is 8.93. The molecular weight excluding hydrogens is 248 g/mol. The molecule has 2 rings (SSSR count). The minimum absolute atomic E-state index is 0.0354. The first-order valence-corrected chi connectivity index (χ1v) is 6.58. The van der Waals surface area contributed by atoms with E-state index in [2.05, 4.69) is 16.0 Å². The van der Waals surface area contributed by atoms with Gasteiger partial charge in [-0.3, -0.25) is 14.9 Å². The van der Waals surface area contributed by atoms with Crippen LogP contribution in [0.2, 0.25) is 0 Å². The summed E-state index contributed by atoms with van der Waals surface area (Å²) in [4.78, 5) is 36.6. The lowest BCUT2D eigenvalue weighted by Gasteiger charge is -2.37. The van der Waals surface area contributed by atoms with Crippen molar-refractivity contribution >= 4 is 17.8 Å². The van der Waals surface area contributed by atoms with E-state index in [1.807, 2.05) is 13.8 Å². The van der Waals surface area contributed by atoms with Gasteiger partial charge in [0.25, 0.3) is 5.91 Å². The average Bonchev–Trinajstić information content (AvgIpc) is 2.62.